The van der Waals surface area contributed by atoms with Gasteiger partial charge >= 0.3 is 0 Å². The molecule has 2 heterocycles. The molecule has 2 aromatic heterocycles. The summed E-state index contributed by atoms with van der Waals surface area (Å²) in [5.41, 5.74) is -0.0879. The fraction of sp³-hybridized carbons (Fsp3) is 0.111. The average Bonchev–Trinajstić information content (AvgIpc) is 3.18. The Morgan fingerprint density at radius 2 is 2.08 bits per heavy atom. The number of thiophene rings is 1. The molecule has 0 atom stereocenters. The molecule has 0 aliphatic rings. The van der Waals surface area contributed by atoms with Crippen LogP contribution in [0.1, 0.15) is 4.88 Å². The van der Waals surface area contributed by atoms with Crippen LogP contribution >= 0.6 is 11.3 Å². The molecule has 0 saturated heterocycles. The SMILES string of the molecule is O=C(COc1cccc([N+](=O)[O-])c1)N(Cc1cccs1)c1ccccn1. The smallest absolute Gasteiger partial charge is 0.273 e. The van der Waals surface area contributed by atoms with Crippen LogP contribution in [0.4, 0.5) is 11.5 Å². The van der Waals surface area contributed by atoms with Crippen LogP contribution in [-0.2, 0) is 11.3 Å². The monoisotopic (exact) mass is 369 g/mol. The third kappa shape index (κ3) is 4.42. The number of amides is 1. The third-order valence-corrected chi connectivity index (χ3v) is 4.37. The lowest BCUT2D eigenvalue weighted by Crippen LogP contribution is -2.34. The van der Waals surface area contributed by atoms with E-state index in [1.807, 2.05) is 17.5 Å². The Kier molecular flexibility index (Phi) is 5.55. The number of anilines is 1. The number of benzene rings is 1. The number of hydrogen-bond acceptors (Lipinski definition) is 6. The second-order valence-electron chi connectivity index (χ2n) is 5.29. The number of nitrogens with zero attached hydrogens (tertiary/aromatic N) is 3. The van der Waals surface area contributed by atoms with E-state index in [0.717, 1.165) is 4.88 Å². The van der Waals surface area contributed by atoms with Crippen LogP contribution in [0.2, 0.25) is 0 Å². The van der Waals surface area contributed by atoms with Crippen molar-refractivity contribution in [3.05, 3.63) is 81.2 Å². The van der Waals surface area contributed by atoms with Gasteiger partial charge in [-0.2, -0.15) is 0 Å². The minimum Gasteiger partial charge on any atom is -0.483 e. The standard InChI is InChI=1S/C18H15N3O4S/c22-18(13-25-15-6-3-5-14(11-15)21(23)24)20(12-16-7-4-10-26-16)17-8-1-2-9-19-17/h1-11H,12-13H2. The van der Waals surface area contributed by atoms with Gasteiger partial charge in [0, 0.05) is 17.1 Å². The van der Waals surface area contributed by atoms with Crippen molar-refractivity contribution in [1.82, 2.24) is 4.98 Å². The number of hydrogen-bond donors (Lipinski definition) is 0. The summed E-state index contributed by atoms with van der Waals surface area (Å²) in [4.78, 5) is 29.8. The zero-order chi connectivity index (χ0) is 18.4. The Bertz CT molecular complexity index is 884. The summed E-state index contributed by atoms with van der Waals surface area (Å²) in [6.07, 6.45) is 1.62. The second-order valence-corrected chi connectivity index (χ2v) is 6.32. The molecule has 0 unspecified atom stereocenters. The Morgan fingerprint density at radius 3 is 2.77 bits per heavy atom. The Labute approximate surface area is 153 Å². The van der Waals surface area contributed by atoms with Crippen molar-refractivity contribution in [2.75, 3.05) is 11.5 Å². The van der Waals surface area contributed by atoms with Crippen LogP contribution in [0, 0.1) is 10.1 Å². The summed E-state index contributed by atoms with van der Waals surface area (Å²) in [5, 5.41) is 12.8. The Hall–Kier alpha value is -3.26. The predicted molar refractivity (Wildman–Crippen MR) is 98.3 cm³/mol. The van der Waals surface area contributed by atoms with E-state index in [4.69, 9.17) is 4.74 Å². The summed E-state index contributed by atoms with van der Waals surface area (Å²) in [6.45, 7) is 0.134. The number of nitro benzene ring substituents is 1. The first kappa shape index (κ1) is 17.6. The number of rotatable bonds is 7. The summed E-state index contributed by atoms with van der Waals surface area (Å²) >= 11 is 1.55. The lowest BCUT2D eigenvalue weighted by atomic mass is 10.3. The second kappa shape index (κ2) is 8.21. The fourth-order valence-electron chi connectivity index (χ4n) is 2.28. The number of ether oxygens (including phenoxy) is 1. The lowest BCUT2D eigenvalue weighted by Gasteiger charge is -2.21. The zero-order valence-electron chi connectivity index (χ0n) is 13.6. The zero-order valence-corrected chi connectivity index (χ0v) is 14.5. The topological polar surface area (TPSA) is 85.6 Å². The van der Waals surface area contributed by atoms with Gasteiger partial charge in [-0.1, -0.05) is 18.2 Å². The van der Waals surface area contributed by atoms with E-state index in [1.165, 1.54) is 23.1 Å². The minimum absolute atomic E-state index is 0.0879. The van der Waals surface area contributed by atoms with Crippen molar-refractivity contribution in [1.29, 1.82) is 0 Å². The molecule has 0 radical (unpaired) electrons. The molecule has 132 valence electrons. The van der Waals surface area contributed by atoms with Crippen LogP contribution in [0.5, 0.6) is 5.75 Å². The molecule has 0 bridgehead atoms. The van der Waals surface area contributed by atoms with Crippen LogP contribution in [-0.4, -0.2) is 22.4 Å². The summed E-state index contributed by atoms with van der Waals surface area (Å²) in [7, 11) is 0. The van der Waals surface area contributed by atoms with E-state index >= 15 is 0 Å². The molecule has 0 N–H and O–H groups in total. The highest BCUT2D eigenvalue weighted by Crippen LogP contribution is 2.21. The van der Waals surface area contributed by atoms with E-state index in [9.17, 15) is 14.9 Å². The normalized spacial score (nSPS) is 10.3. The van der Waals surface area contributed by atoms with Crippen molar-refractivity contribution in [3.8, 4) is 5.75 Å². The lowest BCUT2D eigenvalue weighted by molar-refractivity contribution is -0.384. The fourth-order valence-corrected chi connectivity index (χ4v) is 2.97. The number of carbonyl (C=O) groups excluding carboxylic acids is 1. The summed E-state index contributed by atoms with van der Waals surface area (Å²) in [5.74, 6) is 0.502. The molecule has 3 rings (SSSR count). The van der Waals surface area contributed by atoms with E-state index in [2.05, 4.69) is 4.98 Å². The molecule has 0 spiro atoms. The maximum absolute atomic E-state index is 12.7. The molecule has 0 saturated carbocycles. The highest BCUT2D eigenvalue weighted by Gasteiger charge is 2.19. The van der Waals surface area contributed by atoms with Gasteiger partial charge in [-0.15, -0.1) is 11.3 Å². The third-order valence-electron chi connectivity index (χ3n) is 3.51. The molecule has 0 fully saturated rings. The van der Waals surface area contributed by atoms with Crippen LogP contribution < -0.4 is 9.64 Å². The van der Waals surface area contributed by atoms with Crippen molar-refractivity contribution < 1.29 is 14.5 Å². The average molecular weight is 369 g/mol. The van der Waals surface area contributed by atoms with Gasteiger partial charge in [0.2, 0.25) is 0 Å². The van der Waals surface area contributed by atoms with Crippen LogP contribution in [0.3, 0.4) is 0 Å². The van der Waals surface area contributed by atoms with Gasteiger partial charge in [-0.25, -0.2) is 4.98 Å². The van der Waals surface area contributed by atoms with E-state index in [0.29, 0.717) is 12.4 Å². The number of nitro groups is 1. The first-order valence-corrected chi connectivity index (χ1v) is 8.62. The van der Waals surface area contributed by atoms with E-state index < -0.39 is 4.92 Å². The number of pyridine rings is 1. The highest BCUT2D eigenvalue weighted by atomic mass is 32.1. The molecular weight excluding hydrogens is 354 g/mol. The van der Waals surface area contributed by atoms with Crippen LogP contribution in [0.25, 0.3) is 0 Å². The molecule has 8 heteroatoms. The maximum Gasteiger partial charge on any atom is 0.273 e. The number of non-ortho nitro benzene ring substituents is 1. The molecule has 26 heavy (non-hydrogen) atoms. The van der Waals surface area contributed by atoms with Crippen molar-refractivity contribution in [2.45, 2.75) is 6.54 Å². The maximum atomic E-state index is 12.7. The summed E-state index contributed by atoms with van der Waals surface area (Å²) < 4.78 is 5.46. The number of aromatic nitrogens is 1. The Morgan fingerprint density at radius 1 is 1.19 bits per heavy atom. The molecule has 1 amide bonds. The van der Waals surface area contributed by atoms with Gasteiger partial charge in [0.25, 0.3) is 11.6 Å². The van der Waals surface area contributed by atoms with Crippen molar-refractivity contribution in [2.24, 2.45) is 0 Å². The molecule has 1 aromatic carbocycles. The molecule has 0 aliphatic carbocycles. The van der Waals surface area contributed by atoms with E-state index in [-0.39, 0.29) is 24.0 Å². The first-order chi connectivity index (χ1) is 12.6. The van der Waals surface area contributed by atoms with E-state index in [1.54, 1.807) is 41.8 Å². The van der Waals surface area contributed by atoms with Gasteiger partial charge in [0.05, 0.1) is 17.5 Å². The molecular formula is C18H15N3O4S. The van der Waals surface area contributed by atoms with Gasteiger partial charge in [-0.3, -0.25) is 19.8 Å². The predicted octanol–water partition coefficient (Wildman–Crippen LogP) is 3.66. The quantitative estimate of drug-likeness (QED) is 0.469. The molecule has 3 aromatic rings. The van der Waals surface area contributed by atoms with Crippen molar-refractivity contribution >= 4 is 28.7 Å². The van der Waals surface area contributed by atoms with Gasteiger partial charge in [-0.05, 0) is 29.6 Å². The highest BCUT2D eigenvalue weighted by molar-refractivity contribution is 7.09. The first-order valence-electron chi connectivity index (χ1n) is 7.74. The number of carbonyl (C=O) groups is 1. The van der Waals surface area contributed by atoms with Gasteiger partial charge in [0.1, 0.15) is 11.6 Å². The van der Waals surface area contributed by atoms with Crippen LogP contribution in [0.15, 0.2) is 66.2 Å². The molecule has 7 nitrogen and oxygen atoms in total. The van der Waals surface area contributed by atoms with Gasteiger partial charge in [0.15, 0.2) is 6.61 Å². The summed E-state index contributed by atoms with van der Waals surface area (Å²) in [6, 6.07) is 14.9. The minimum atomic E-state index is -0.508. The Balaban J connectivity index is 1.73. The largest absolute Gasteiger partial charge is 0.483 e. The van der Waals surface area contributed by atoms with Crippen molar-refractivity contribution in [3.63, 3.8) is 0 Å². The van der Waals surface area contributed by atoms with Gasteiger partial charge < -0.3 is 4.74 Å². The molecule has 0 aliphatic heterocycles.